The Morgan fingerprint density at radius 2 is 1.81 bits per heavy atom. The van der Waals surface area contributed by atoms with Gasteiger partial charge in [-0.3, -0.25) is 14.4 Å². The summed E-state index contributed by atoms with van der Waals surface area (Å²) in [5.41, 5.74) is 0.640. The monoisotopic (exact) mass is 373 g/mol. The molecule has 7 heteroatoms. The van der Waals surface area contributed by atoms with E-state index in [9.17, 15) is 14.4 Å². The minimum atomic E-state index is -0.414. The Bertz CT molecular complexity index is 735. The Kier molecular flexibility index (Phi) is 5.51. The van der Waals surface area contributed by atoms with Crippen molar-refractivity contribution < 1.29 is 19.1 Å². The van der Waals surface area contributed by atoms with E-state index in [1.807, 2.05) is 20.8 Å². The van der Waals surface area contributed by atoms with Crippen LogP contribution in [0.2, 0.25) is 0 Å². The third kappa shape index (κ3) is 4.30. The lowest BCUT2D eigenvalue weighted by atomic mass is 10.1. The van der Waals surface area contributed by atoms with Crippen molar-refractivity contribution in [2.45, 2.75) is 32.7 Å². The van der Waals surface area contributed by atoms with Crippen LogP contribution in [0.3, 0.4) is 0 Å². The molecule has 1 unspecified atom stereocenters. The Balaban J connectivity index is 1.72. The second kappa shape index (κ2) is 7.68. The molecule has 1 aromatic rings. The third-order valence-electron chi connectivity index (χ3n) is 5.02. The molecule has 2 saturated heterocycles. The van der Waals surface area contributed by atoms with Crippen LogP contribution in [0.15, 0.2) is 24.3 Å². The average molecular weight is 373 g/mol. The number of anilines is 1. The molecule has 3 rings (SSSR count). The standard InChI is InChI=1S/C20H27N3O4/c1-20(2,3)23-13-14(12-17(23)24)18(25)21-16-7-5-4-6-15(16)19(26)22-8-10-27-11-9-22/h4-7,14H,8-13H2,1-3H3,(H,21,25). The highest BCUT2D eigenvalue weighted by molar-refractivity contribution is 6.05. The molecule has 0 aromatic heterocycles. The number of morpholine rings is 1. The molecule has 27 heavy (non-hydrogen) atoms. The first-order chi connectivity index (χ1) is 12.8. The van der Waals surface area contributed by atoms with Crippen LogP contribution in [-0.2, 0) is 14.3 Å². The van der Waals surface area contributed by atoms with Crippen LogP contribution in [-0.4, -0.2) is 65.9 Å². The smallest absolute Gasteiger partial charge is 0.256 e. The molecular weight excluding hydrogens is 346 g/mol. The summed E-state index contributed by atoms with van der Waals surface area (Å²) in [6.07, 6.45) is 0.197. The van der Waals surface area contributed by atoms with Crippen molar-refractivity contribution in [3.63, 3.8) is 0 Å². The predicted octanol–water partition coefficient (Wildman–Crippen LogP) is 1.74. The Morgan fingerprint density at radius 3 is 2.44 bits per heavy atom. The summed E-state index contributed by atoms with van der Waals surface area (Å²) in [6, 6.07) is 7.01. The quantitative estimate of drug-likeness (QED) is 0.875. The zero-order valence-electron chi connectivity index (χ0n) is 16.2. The van der Waals surface area contributed by atoms with Crippen molar-refractivity contribution in [3.8, 4) is 0 Å². The van der Waals surface area contributed by atoms with Crippen LogP contribution in [0.1, 0.15) is 37.6 Å². The van der Waals surface area contributed by atoms with E-state index in [4.69, 9.17) is 4.74 Å². The van der Waals surface area contributed by atoms with Gasteiger partial charge in [0.1, 0.15) is 0 Å². The lowest BCUT2D eigenvalue weighted by Crippen LogP contribution is -2.43. The van der Waals surface area contributed by atoms with E-state index in [0.717, 1.165) is 0 Å². The summed E-state index contributed by atoms with van der Waals surface area (Å²) < 4.78 is 5.30. The van der Waals surface area contributed by atoms with Gasteiger partial charge in [-0.15, -0.1) is 0 Å². The maximum Gasteiger partial charge on any atom is 0.256 e. The molecule has 2 aliphatic rings. The molecule has 3 amide bonds. The zero-order valence-corrected chi connectivity index (χ0v) is 16.2. The summed E-state index contributed by atoms with van der Waals surface area (Å²) in [4.78, 5) is 41.3. The van der Waals surface area contributed by atoms with Crippen molar-refractivity contribution in [1.29, 1.82) is 0 Å². The SMILES string of the molecule is CC(C)(C)N1CC(C(=O)Nc2ccccc2C(=O)N2CCOCC2)CC1=O. The van der Waals surface area contributed by atoms with E-state index in [0.29, 0.717) is 44.1 Å². The van der Waals surface area contributed by atoms with E-state index < -0.39 is 5.92 Å². The van der Waals surface area contributed by atoms with Gasteiger partial charge in [0.2, 0.25) is 11.8 Å². The highest BCUT2D eigenvalue weighted by atomic mass is 16.5. The van der Waals surface area contributed by atoms with Crippen molar-refractivity contribution in [3.05, 3.63) is 29.8 Å². The molecule has 1 N–H and O–H groups in total. The van der Waals surface area contributed by atoms with Gasteiger partial charge in [-0.25, -0.2) is 0 Å². The van der Waals surface area contributed by atoms with Crippen molar-refractivity contribution in [2.75, 3.05) is 38.2 Å². The second-order valence-electron chi connectivity index (χ2n) is 8.02. The van der Waals surface area contributed by atoms with Gasteiger partial charge in [-0.05, 0) is 32.9 Å². The van der Waals surface area contributed by atoms with Gasteiger partial charge in [-0.2, -0.15) is 0 Å². The molecule has 1 atom stereocenters. The van der Waals surface area contributed by atoms with Crippen molar-refractivity contribution in [1.82, 2.24) is 9.80 Å². The van der Waals surface area contributed by atoms with E-state index in [2.05, 4.69) is 5.32 Å². The molecule has 7 nitrogen and oxygen atoms in total. The number of benzene rings is 1. The van der Waals surface area contributed by atoms with Crippen LogP contribution in [0, 0.1) is 5.92 Å². The summed E-state index contributed by atoms with van der Waals surface area (Å²) in [5, 5.41) is 2.87. The fraction of sp³-hybridized carbons (Fsp3) is 0.550. The first-order valence-electron chi connectivity index (χ1n) is 9.35. The van der Waals surface area contributed by atoms with Crippen molar-refractivity contribution in [2.24, 2.45) is 5.92 Å². The predicted molar refractivity (Wildman–Crippen MR) is 101 cm³/mol. The molecule has 0 bridgehead atoms. The number of nitrogens with one attached hydrogen (secondary N) is 1. The fourth-order valence-corrected chi connectivity index (χ4v) is 3.48. The van der Waals surface area contributed by atoms with E-state index in [-0.39, 0.29) is 29.7 Å². The molecule has 1 aromatic carbocycles. The van der Waals surface area contributed by atoms with E-state index in [1.54, 1.807) is 34.1 Å². The number of carbonyl (C=O) groups excluding carboxylic acids is 3. The number of nitrogens with zero attached hydrogens (tertiary/aromatic N) is 2. The van der Waals surface area contributed by atoms with Gasteiger partial charge in [0, 0.05) is 31.6 Å². The number of hydrogen-bond acceptors (Lipinski definition) is 4. The molecule has 146 valence electrons. The summed E-state index contributed by atoms with van der Waals surface area (Å²) in [6.45, 7) is 8.40. The number of likely N-dealkylation sites (tertiary alicyclic amines) is 1. The number of ether oxygens (including phenoxy) is 1. The van der Waals surface area contributed by atoms with Crippen LogP contribution in [0.5, 0.6) is 0 Å². The van der Waals surface area contributed by atoms with Crippen LogP contribution < -0.4 is 5.32 Å². The maximum atomic E-state index is 12.8. The Hall–Kier alpha value is -2.41. The molecule has 2 aliphatic heterocycles. The third-order valence-corrected chi connectivity index (χ3v) is 5.02. The number of rotatable bonds is 3. The molecule has 0 aliphatic carbocycles. The number of hydrogen-bond donors (Lipinski definition) is 1. The van der Waals surface area contributed by atoms with Gasteiger partial charge in [0.15, 0.2) is 0 Å². The minimum Gasteiger partial charge on any atom is -0.378 e. The largest absolute Gasteiger partial charge is 0.378 e. The highest BCUT2D eigenvalue weighted by Crippen LogP contribution is 2.27. The van der Waals surface area contributed by atoms with Crippen LogP contribution in [0.4, 0.5) is 5.69 Å². The van der Waals surface area contributed by atoms with E-state index >= 15 is 0 Å². The molecule has 0 radical (unpaired) electrons. The second-order valence-corrected chi connectivity index (χ2v) is 8.02. The molecular formula is C20H27N3O4. The van der Waals surface area contributed by atoms with E-state index in [1.165, 1.54) is 0 Å². The van der Waals surface area contributed by atoms with Crippen LogP contribution in [0.25, 0.3) is 0 Å². The zero-order chi connectivity index (χ0) is 19.6. The fourth-order valence-electron chi connectivity index (χ4n) is 3.48. The first-order valence-corrected chi connectivity index (χ1v) is 9.35. The maximum absolute atomic E-state index is 12.8. The molecule has 0 spiro atoms. The number of para-hydroxylation sites is 1. The summed E-state index contributed by atoms with van der Waals surface area (Å²) in [5.74, 6) is -0.769. The minimum absolute atomic E-state index is 0.0136. The lowest BCUT2D eigenvalue weighted by molar-refractivity contribution is -0.131. The normalized spacial score (nSPS) is 20.7. The lowest BCUT2D eigenvalue weighted by Gasteiger charge is -2.32. The van der Waals surface area contributed by atoms with Crippen molar-refractivity contribution >= 4 is 23.4 Å². The Morgan fingerprint density at radius 1 is 1.15 bits per heavy atom. The summed E-state index contributed by atoms with van der Waals surface area (Å²) >= 11 is 0. The Labute approximate surface area is 159 Å². The summed E-state index contributed by atoms with van der Waals surface area (Å²) in [7, 11) is 0. The number of carbonyl (C=O) groups is 3. The molecule has 2 fully saturated rings. The van der Waals surface area contributed by atoms with Gasteiger partial charge in [0.05, 0.1) is 30.4 Å². The first kappa shape index (κ1) is 19.4. The van der Waals surface area contributed by atoms with Gasteiger partial charge in [-0.1, -0.05) is 12.1 Å². The van der Waals surface area contributed by atoms with Gasteiger partial charge in [0.25, 0.3) is 5.91 Å². The molecule has 2 heterocycles. The average Bonchev–Trinajstić information content (AvgIpc) is 3.05. The number of amides is 3. The highest BCUT2D eigenvalue weighted by Gasteiger charge is 2.39. The van der Waals surface area contributed by atoms with Crippen LogP contribution >= 0.6 is 0 Å². The topological polar surface area (TPSA) is 79.0 Å². The van der Waals surface area contributed by atoms with Gasteiger partial charge >= 0.3 is 0 Å². The van der Waals surface area contributed by atoms with Gasteiger partial charge < -0.3 is 19.9 Å². The molecule has 0 saturated carbocycles.